The van der Waals surface area contributed by atoms with Gasteiger partial charge < -0.3 is 9.64 Å². The van der Waals surface area contributed by atoms with E-state index in [1.807, 2.05) is 11.0 Å². The van der Waals surface area contributed by atoms with Crippen molar-refractivity contribution in [1.82, 2.24) is 9.88 Å². The average Bonchev–Trinajstić information content (AvgIpc) is 2.67. The van der Waals surface area contributed by atoms with Gasteiger partial charge >= 0.3 is 0 Å². The summed E-state index contributed by atoms with van der Waals surface area (Å²) >= 11 is 6.01. The first-order chi connectivity index (χ1) is 8.70. The molecule has 3 heterocycles. The molecule has 1 saturated heterocycles. The van der Waals surface area contributed by atoms with Crippen LogP contribution in [0.25, 0.3) is 0 Å². The molecule has 0 aliphatic carbocycles. The number of halogens is 1. The lowest BCUT2D eigenvalue weighted by molar-refractivity contribution is -0.138. The number of rotatable bonds is 2. The van der Waals surface area contributed by atoms with Crippen LogP contribution < -0.4 is 0 Å². The molecule has 96 valence electrons. The number of hydrogen-bond acceptors (Lipinski definition) is 3. The summed E-state index contributed by atoms with van der Waals surface area (Å²) in [6.45, 7) is 0.149. The first kappa shape index (κ1) is 11.9. The van der Waals surface area contributed by atoms with Gasteiger partial charge in [0.2, 0.25) is 5.91 Å². The molecule has 1 fully saturated rings. The zero-order valence-corrected chi connectivity index (χ0v) is 11.0. The van der Waals surface area contributed by atoms with Crippen molar-refractivity contribution in [2.45, 2.75) is 31.3 Å². The molecule has 18 heavy (non-hydrogen) atoms. The van der Waals surface area contributed by atoms with Crippen molar-refractivity contribution in [3.63, 3.8) is 0 Å². The van der Waals surface area contributed by atoms with Crippen molar-refractivity contribution in [2.24, 2.45) is 0 Å². The summed E-state index contributed by atoms with van der Waals surface area (Å²) in [5, 5.41) is 0.637. The van der Waals surface area contributed by atoms with E-state index in [9.17, 15) is 4.79 Å². The van der Waals surface area contributed by atoms with Gasteiger partial charge in [-0.1, -0.05) is 11.6 Å². The van der Waals surface area contributed by atoms with Gasteiger partial charge in [0.15, 0.2) is 0 Å². The smallest absolute Gasteiger partial charge is 0.249 e. The quantitative estimate of drug-likeness (QED) is 0.822. The van der Waals surface area contributed by atoms with Gasteiger partial charge in [0.25, 0.3) is 0 Å². The third-order valence-corrected chi connectivity index (χ3v) is 4.02. The molecule has 3 rings (SSSR count). The van der Waals surface area contributed by atoms with Gasteiger partial charge in [0.1, 0.15) is 6.61 Å². The van der Waals surface area contributed by atoms with E-state index in [1.165, 1.54) is 0 Å². The van der Waals surface area contributed by atoms with Gasteiger partial charge in [0.05, 0.1) is 11.1 Å². The Morgan fingerprint density at radius 2 is 2.44 bits per heavy atom. The van der Waals surface area contributed by atoms with Crippen LogP contribution in [-0.2, 0) is 16.0 Å². The second-order valence-electron chi connectivity index (χ2n) is 4.87. The summed E-state index contributed by atoms with van der Waals surface area (Å²) in [5.74, 6) is 0.0654. The molecule has 2 atom stereocenters. The molecule has 1 aromatic rings. The molecular weight excluding hydrogens is 252 g/mol. The Morgan fingerprint density at radius 1 is 1.61 bits per heavy atom. The van der Waals surface area contributed by atoms with Crippen LogP contribution in [0.3, 0.4) is 0 Å². The van der Waals surface area contributed by atoms with Gasteiger partial charge in [-0.2, -0.15) is 0 Å². The number of hydrogen-bond donors (Lipinski definition) is 0. The van der Waals surface area contributed by atoms with Gasteiger partial charge in [-0.05, 0) is 24.5 Å². The third kappa shape index (κ3) is 1.80. The molecular formula is C13H15ClN2O2. The highest BCUT2D eigenvalue weighted by Crippen LogP contribution is 2.43. The molecule has 0 aromatic carbocycles. The molecule has 0 saturated carbocycles. The van der Waals surface area contributed by atoms with E-state index in [1.54, 1.807) is 13.3 Å². The summed E-state index contributed by atoms with van der Waals surface area (Å²) in [7, 11) is 1.55. The lowest BCUT2D eigenvalue weighted by Crippen LogP contribution is -2.43. The molecule has 0 N–H and O–H groups in total. The van der Waals surface area contributed by atoms with Crippen molar-refractivity contribution in [3.05, 3.63) is 28.5 Å². The zero-order valence-electron chi connectivity index (χ0n) is 10.2. The second kappa shape index (κ2) is 4.52. The van der Waals surface area contributed by atoms with Crippen LogP contribution in [0.2, 0.25) is 5.02 Å². The fourth-order valence-electron chi connectivity index (χ4n) is 3.13. The topological polar surface area (TPSA) is 42.4 Å². The van der Waals surface area contributed by atoms with Crippen LogP contribution in [0.4, 0.5) is 0 Å². The molecule has 2 bridgehead atoms. The van der Waals surface area contributed by atoms with Crippen LogP contribution in [0, 0.1) is 0 Å². The molecule has 2 aliphatic rings. The van der Waals surface area contributed by atoms with Crippen molar-refractivity contribution in [2.75, 3.05) is 13.7 Å². The number of fused-ring (bicyclic) bond motifs is 4. The van der Waals surface area contributed by atoms with E-state index in [0.717, 1.165) is 30.5 Å². The van der Waals surface area contributed by atoms with Crippen LogP contribution in [0.15, 0.2) is 12.3 Å². The van der Waals surface area contributed by atoms with E-state index >= 15 is 0 Å². The number of nitrogens with zero attached hydrogens (tertiary/aromatic N) is 2. The first-order valence-corrected chi connectivity index (χ1v) is 6.53. The number of carbonyl (C=O) groups excluding carboxylic acids is 1. The van der Waals surface area contributed by atoms with E-state index in [2.05, 4.69) is 4.98 Å². The molecule has 1 amide bonds. The molecule has 0 spiro atoms. The summed E-state index contributed by atoms with van der Waals surface area (Å²) in [4.78, 5) is 18.5. The summed E-state index contributed by atoms with van der Waals surface area (Å²) in [6.07, 6.45) is 4.55. The molecule has 1 aromatic heterocycles. The van der Waals surface area contributed by atoms with Crippen molar-refractivity contribution in [3.8, 4) is 0 Å². The van der Waals surface area contributed by atoms with Crippen molar-refractivity contribution in [1.29, 1.82) is 0 Å². The minimum absolute atomic E-state index is 0.0654. The van der Waals surface area contributed by atoms with Crippen molar-refractivity contribution >= 4 is 17.5 Å². The van der Waals surface area contributed by atoms with E-state index in [0.29, 0.717) is 5.02 Å². The highest BCUT2D eigenvalue weighted by molar-refractivity contribution is 6.30. The van der Waals surface area contributed by atoms with Gasteiger partial charge in [-0.15, -0.1) is 0 Å². The van der Waals surface area contributed by atoms with E-state index in [4.69, 9.17) is 16.3 Å². The minimum atomic E-state index is 0.0654. The maximum atomic E-state index is 12.1. The predicted molar refractivity (Wildman–Crippen MR) is 67.4 cm³/mol. The monoisotopic (exact) mass is 266 g/mol. The van der Waals surface area contributed by atoms with Crippen LogP contribution in [0.5, 0.6) is 0 Å². The Morgan fingerprint density at radius 3 is 3.22 bits per heavy atom. The Hall–Kier alpha value is -1.13. The SMILES string of the molecule is COCC(=O)N1C2CCC1c1cc(Cl)cnc1C2. The van der Waals surface area contributed by atoms with E-state index in [-0.39, 0.29) is 24.6 Å². The predicted octanol–water partition coefficient (Wildman–Crippen LogP) is 1.97. The van der Waals surface area contributed by atoms with Crippen molar-refractivity contribution < 1.29 is 9.53 Å². The van der Waals surface area contributed by atoms with Gasteiger partial charge in [-0.25, -0.2) is 0 Å². The van der Waals surface area contributed by atoms with Crippen LogP contribution in [0.1, 0.15) is 30.1 Å². The molecule has 4 nitrogen and oxygen atoms in total. The third-order valence-electron chi connectivity index (χ3n) is 3.82. The van der Waals surface area contributed by atoms with Gasteiger partial charge in [0, 0.05) is 31.5 Å². The minimum Gasteiger partial charge on any atom is -0.375 e. The number of amides is 1. The number of pyridine rings is 1. The van der Waals surface area contributed by atoms with Crippen LogP contribution >= 0.6 is 11.6 Å². The zero-order chi connectivity index (χ0) is 12.7. The standard InChI is InChI=1S/C13H15ClN2O2/c1-18-7-13(17)16-9-2-3-12(16)10-4-8(14)6-15-11(10)5-9/h4,6,9,12H,2-3,5,7H2,1H3. The fourth-order valence-corrected chi connectivity index (χ4v) is 3.30. The van der Waals surface area contributed by atoms with Gasteiger partial charge in [-0.3, -0.25) is 9.78 Å². The number of aromatic nitrogens is 1. The summed E-state index contributed by atoms with van der Waals surface area (Å²) < 4.78 is 4.96. The van der Waals surface area contributed by atoms with E-state index < -0.39 is 0 Å². The fraction of sp³-hybridized carbons (Fsp3) is 0.538. The normalized spacial score (nSPS) is 25.1. The lowest BCUT2D eigenvalue weighted by atomic mass is 9.98. The number of methoxy groups -OCH3 is 1. The number of carbonyl (C=O) groups is 1. The summed E-state index contributed by atoms with van der Waals surface area (Å²) in [5.41, 5.74) is 2.20. The highest BCUT2D eigenvalue weighted by Gasteiger charge is 2.42. The largest absolute Gasteiger partial charge is 0.375 e. The molecule has 2 unspecified atom stereocenters. The first-order valence-electron chi connectivity index (χ1n) is 6.15. The lowest BCUT2D eigenvalue weighted by Gasteiger charge is -2.35. The number of ether oxygens (including phenoxy) is 1. The maximum Gasteiger partial charge on any atom is 0.249 e. The Bertz CT molecular complexity index is 492. The maximum absolute atomic E-state index is 12.1. The molecule has 2 aliphatic heterocycles. The highest BCUT2D eigenvalue weighted by atomic mass is 35.5. The molecule has 0 radical (unpaired) electrons. The van der Waals surface area contributed by atoms with Crippen LogP contribution in [-0.4, -0.2) is 35.5 Å². The second-order valence-corrected chi connectivity index (χ2v) is 5.31. The molecule has 5 heteroatoms. The Kier molecular flexibility index (Phi) is 2.99. The average molecular weight is 267 g/mol. The Balaban J connectivity index is 1.96. The Labute approximate surface area is 111 Å². The summed E-state index contributed by atoms with van der Waals surface area (Å²) in [6, 6.07) is 2.36.